The van der Waals surface area contributed by atoms with E-state index in [1.54, 1.807) is 0 Å². The molecule has 2 bridgehead atoms. The second-order valence-corrected chi connectivity index (χ2v) is 8.79. The Bertz CT molecular complexity index is 1070. The predicted molar refractivity (Wildman–Crippen MR) is 139 cm³/mol. The Kier molecular flexibility index (Phi) is 7.31. The molecule has 2 N–H and O–H groups in total. The molecule has 1 aromatic heterocycles. The van der Waals surface area contributed by atoms with Crippen LogP contribution in [-0.4, -0.2) is 47.3 Å². The summed E-state index contributed by atoms with van der Waals surface area (Å²) in [5, 5.41) is 7.71. The van der Waals surface area contributed by atoms with Gasteiger partial charge in [-0.3, -0.25) is 19.5 Å². The van der Waals surface area contributed by atoms with Crippen LogP contribution in [0.3, 0.4) is 0 Å². The number of nitrogens with one attached hydrogen (secondary N) is 2. The second-order valence-electron chi connectivity index (χ2n) is 8.79. The van der Waals surface area contributed by atoms with Crippen molar-refractivity contribution in [2.24, 2.45) is 28.7 Å². The monoisotopic (exact) mass is 559 g/mol. The van der Waals surface area contributed by atoms with Gasteiger partial charge in [-0.05, 0) is 49.3 Å². The summed E-state index contributed by atoms with van der Waals surface area (Å²) in [5.74, 6) is 1.09. The summed E-state index contributed by atoms with van der Waals surface area (Å²) in [7, 11) is 0. The van der Waals surface area contributed by atoms with Crippen molar-refractivity contribution in [2.75, 3.05) is 19.6 Å². The van der Waals surface area contributed by atoms with Gasteiger partial charge in [-0.2, -0.15) is 0 Å². The molecule has 2 heterocycles. The lowest BCUT2D eigenvalue weighted by Crippen LogP contribution is -2.40. The van der Waals surface area contributed by atoms with Crippen molar-refractivity contribution in [2.45, 2.75) is 26.3 Å². The van der Waals surface area contributed by atoms with Crippen molar-refractivity contribution in [3.05, 3.63) is 54.2 Å². The number of halogens is 1. The molecule has 8 heteroatoms. The van der Waals surface area contributed by atoms with E-state index in [0.717, 1.165) is 35.4 Å². The molecule has 174 valence electrons. The number of likely N-dealkylation sites (tertiary alicyclic amines) is 1. The van der Waals surface area contributed by atoms with E-state index in [4.69, 9.17) is 4.99 Å². The zero-order valence-electron chi connectivity index (χ0n) is 18.7. The van der Waals surface area contributed by atoms with Crippen LogP contribution in [0.25, 0.3) is 10.9 Å². The van der Waals surface area contributed by atoms with E-state index in [2.05, 4.69) is 33.8 Å². The fraction of sp³-hybridized carbons (Fsp3) is 0.440. The second kappa shape index (κ2) is 10.2. The molecule has 4 unspecified atom stereocenters. The number of nitrogens with zero attached hydrogens (tertiary/aromatic N) is 3. The molecule has 1 saturated heterocycles. The molecule has 33 heavy (non-hydrogen) atoms. The van der Waals surface area contributed by atoms with Crippen molar-refractivity contribution >= 4 is 52.7 Å². The normalized spacial score (nSPS) is 25.5. The number of amides is 2. The van der Waals surface area contributed by atoms with Crippen LogP contribution in [-0.2, 0) is 16.1 Å². The number of aromatic nitrogens is 1. The summed E-state index contributed by atoms with van der Waals surface area (Å²) in [5.41, 5.74) is 2.09. The minimum atomic E-state index is -0.112. The molecule has 1 aliphatic heterocycles. The van der Waals surface area contributed by atoms with Gasteiger partial charge in [0.15, 0.2) is 5.96 Å². The number of allylic oxidation sites excluding steroid dienone is 2. The number of aliphatic imine (C=N–C) groups is 1. The number of benzene rings is 1. The van der Waals surface area contributed by atoms with Crippen molar-refractivity contribution < 1.29 is 9.59 Å². The van der Waals surface area contributed by atoms with E-state index < -0.39 is 0 Å². The molecule has 2 fully saturated rings. The smallest absolute Gasteiger partial charge is 0.233 e. The van der Waals surface area contributed by atoms with Crippen LogP contribution >= 0.6 is 24.0 Å². The Morgan fingerprint density at radius 3 is 2.55 bits per heavy atom. The molecular formula is C25H30IN5O2. The highest BCUT2D eigenvalue weighted by atomic mass is 127. The van der Waals surface area contributed by atoms with Crippen LogP contribution in [0.4, 0.5) is 0 Å². The molecule has 5 rings (SSSR count). The van der Waals surface area contributed by atoms with Crippen LogP contribution in [0.5, 0.6) is 0 Å². The van der Waals surface area contributed by atoms with E-state index in [1.807, 2.05) is 37.4 Å². The van der Waals surface area contributed by atoms with Crippen molar-refractivity contribution in [1.29, 1.82) is 0 Å². The maximum atomic E-state index is 12.8. The molecule has 4 atom stereocenters. The number of hydrogen-bond donors (Lipinski definition) is 2. The van der Waals surface area contributed by atoms with Crippen LogP contribution in [0.2, 0.25) is 0 Å². The number of para-hydroxylation sites is 1. The summed E-state index contributed by atoms with van der Waals surface area (Å²) in [6.45, 7) is 4.43. The zero-order valence-corrected chi connectivity index (χ0v) is 21.1. The first-order valence-electron chi connectivity index (χ1n) is 11.6. The standard InChI is InChI=1S/C25H29N5O2.HI/c1-2-26-25(29-15-18-10-12-27-20-7-4-3-6-19(18)20)28-11-5-13-30-23(31)21-16-8-9-17(14-16)22(21)24(30)32;/h3-4,6-10,12,16-17,21-22H,2,5,11,13-15H2,1H3,(H2,26,28,29);1H. The molecule has 1 saturated carbocycles. The van der Waals surface area contributed by atoms with E-state index >= 15 is 0 Å². The largest absolute Gasteiger partial charge is 0.357 e. The molecule has 0 spiro atoms. The molecule has 3 aliphatic rings. The fourth-order valence-corrected chi connectivity index (χ4v) is 5.43. The Labute approximate surface area is 211 Å². The molecule has 2 aliphatic carbocycles. The number of hydrogen-bond acceptors (Lipinski definition) is 4. The summed E-state index contributed by atoms with van der Waals surface area (Å²) in [6.07, 6.45) is 7.74. The maximum absolute atomic E-state index is 12.8. The molecular weight excluding hydrogens is 529 g/mol. The van der Waals surface area contributed by atoms with Crippen molar-refractivity contribution in [3.63, 3.8) is 0 Å². The molecule has 1 aromatic carbocycles. The predicted octanol–water partition coefficient (Wildman–Crippen LogP) is 3.11. The summed E-state index contributed by atoms with van der Waals surface area (Å²) in [6, 6.07) is 10.1. The number of carbonyl (C=O) groups is 2. The maximum Gasteiger partial charge on any atom is 0.233 e. The van der Waals surface area contributed by atoms with E-state index in [1.165, 1.54) is 4.90 Å². The van der Waals surface area contributed by atoms with Gasteiger partial charge in [0.2, 0.25) is 11.8 Å². The van der Waals surface area contributed by atoms with Crippen molar-refractivity contribution in [1.82, 2.24) is 20.5 Å². The average molecular weight is 559 g/mol. The van der Waals surface area contributed by atoms with Gasteiger partial charge in [-0.25, -0.2) is 4.99 Å². The number of fused-ring (bicyclic) bond motifs is 6. The number of rotatable bonds is 7. The minimum Gasteiger partial charge on any atom is -0.357 e. The van der Waals surface area contributed by atoms with Crippen molar-refractivity contribution in [3.8, 4) is 0 Å². The highest BCUT2D eigenvalue weighted by molar-refractivity contribution is 14.0. The molecule has 7 nitrogen and oxygen atoms in total. The Hall–Kier alpha value is -2.49. The van der Waals surface area contributed by atoms with E-state index in [9.17, 15) is 9.59 Å². The van der Waals surface area contributed by atoms with Crippen LogP contribution in [0, 0.1) is 23.7 Å². The fourth-order valence-electron chi connectivity index (χ4n) is 5.43. The number of imide groups is 1. The van der Waals surface area contributed by atoms with Gasteiger partial charge in [0.1, 0.15) is 0 Å². The minimum absolute atomic E-state index is 0. The van der Waals surface area contributed by atoms with Crippen LogP contribution in [0.1, 0.15) is 25.3 Å². The third-order valence-electron chi connectivity index (χ3n) is 6.90. The van der Waals surface area contributed by atoms with Gasteiger partial charge in [-0.1, -0.05) is 30.4 Å². The lowest BCUT2D eigenvalue weighted by atomic mass is 9.85. The molecule has 2 aromatic rings. The molecule has 2 amide bonds. The lowest BCUT2D eigenvalue weighted by molar-refractivity contribution is -0.140. The van der Waals surface area contributed by atoms with Gasteiger partial charge < -0.3 is 10.6 Å². The summed E-state index contributed by atoms with van der Waals surface area (Å²) >= 11 is 0. The SMILES string of the molecule is CCNC(=NCc1ccnc2ccccc12)NCCCN1C(=O)C2C3C=CC(C3)C2C1=O.I. The lowest BCUT2D eigenvalue weighted by Gasteiger charge is -2.18. The van der Waals surface area contributed by atoms with Gasteiger partial charge in [0, 0.05) is 31.2 Å². The van der Waals surface area contributed by atoms with Gasteiger partial charge in [0.25, 0.3) is 0 Å². The summed E-state index contributed by atoms with van der Waals surface area (Å²) < 4.78 is 0. The Morgan fingerprint density at radius 1 is 1.09 bits per heavy atom. The number of carbonyl (C=O) groups excluding carboxylic acids is 2. The third-order valence-corrected chi connectivity index (χ3v) is 6.90. The number of pyridine rings is 1. The Balaban J connectivity index is 0.00000259. The first-order valence-corrected chi connectivity index (χ1v) is 11.6. The highest BCUT2D eigenvalue weighted by Crippen LogP contribution is 2.52. The van der Waals surface area contributed by atoms with E-state index in [-0.39, 0.29) is 59.5 Å². The number of guanidine groups is 1. The quantitative estimate of drug-likeness (QED) is 0.136. The molecule has 0 radical (unpaired) electrons. The first kappa shape index (κ1) is 23.7. The zero-order chi connectivity index (χ0) is 22.1. The van der Waals surface area contributed by atoms with Gasteiger partial charge in [0.05, 0.1) is 23.9 Å². The first-order chi connectivity index (χ1) is 15.7. The summed E-state index contributed by atoms with van der Waals surface area (Å²) in [4.78, 5) is 36.2. The average Bonchev–Trinajstić information content (AvgIpc) is 3.49. The van der Waals surface area contributed by atoms with E-state index in [0.29, 0.717) is 26.1 Å². The Morgan fingerprint density at radius 2 is 1.82 bits per heavy atom. The van der Waals surface area contributed by atoms with Gasteiger partial charge in [-0.15, -0.1) is 24.0 Å². The highest BCUT2D eigenvalue weighted by Gasteiger charge is 2.58. The van der Waals surface area contributed by atoms with Crippen LogP contribution < -0.4 is 10.6 Å². The third kappa shape index (κ3) is 4.49. The topological polar surface area (TPSA) is 86.7 Å². The van der Waals surface area contributed by atoms with Crippen LogP contribution in [0.15, 0.2) is 53.7 Å². The van der Waals surface area contributed by atoms with Gasteiger partial charge >= 0.3 is 0 Å².